The zero-order valence-electron chi connectivity index (χ0n) is 18.3. The summed E-state index contributed by atoms with van der Waals surface area (Å²) in [6, 6.07) is 10.3. The van der Waals surface area contributed by atoms with Crippen molar-refractivity contribution in [3.05, 3.63) is 45.9 Å². The van der Waals surface area contributed by atoms with Gasteiger partial charge in [0.15, 0.2) is 5.96 Å². The third-order valence-electron chi connectivity index (χ3n) is 4.38. The Bertz CT molecular complexity index is 813. The van der Waals surface area contributed by atoms with E-state index in [0.29, 0.717) is 23.1 Å². The monoisotopic (exact) mass is 545 g/mol. The van der Waals surface area contributed by atoms with Crippen LogP contribution >= 0.6 is 35.3 Å². The first kappa shape index (κ1) is 26.2. The maximum Gasteiger partial charge on any atom is 0.350 e. The Kier molecular flexibility index (Phi) is 11.7. The first-order chi connectivity index (χ1) is 14.0. The molecule has 7 nitrogen and oxygen atoms in total. The van der Waals surface area contributed by atoms with Crippen LogP contribution in [0.3, 0.4) is 0 Å². The number of esters is 1. The molecule has 166 valence electrons. The summed E-state index contributed by atoms with van der Waals surface area (Å²) < 4.78 is 5.09. The van der Waals surface area contributed by atoms with Gasteiger partial charge in [0.2, 0.25) is 0 Å². The van der Waals surface area contributed by atoms with E-state index < -0.39 is 0 Å². The van der Waals surface area contributed by atoms with E-state index >= 15 is 0 Å². The van der Waals surface area contributed by atoms with Gasteiger partial charge < -0.3 is 20.3 Å². The number of carbonyl (C=O) groups excluding carboxylic acids is 1. The highest BCUT2D eigenvalue weighted by atomic mass is 127. The van der Waals surface area contributed by atoms with Crippen molar-refractivity contribution in [2.24, 2.45) is 4.99 Å². The highest BCUT2D eigenvalue weighted by molar-refractivity contribution is 14.0. The molecule has 0 amide bonds. The Morgan fingerprint density at radius 3 is 2.67 bits per heavy atom. The molecule has 0 aliphatic carbocycles. The third-order valence-corrected chi connectivity index (χ3v) is 5.70. The number of hydrogen-bond acceptors (Lipinski definition) is 6. The van der Waals surface area contributed by atoms with Crippen molar-refractivity contribution < 1.29 is 9.53 Å². The molecule has 0 aliphatic heterocycles. The summed E-state index contributed by atoms with van der Waals surface area (Å²) in [6.45, 7) is 7.73. The smallest absolute Gasteiger partial charge is 0.350 e. The number of ether oxygens (including phenoxy) is 1. The molecule has 1 atom stereocenters. The van der Waals surface area contributed by atoms with E-state index in [9.17, 15) is 4.79 Å². The molecular formula is C21H32IN5O2S. The second-order valence-corrected chi connectivity index (χ2v) is 7.69. The maximum atomic E-state index is 12.0. The number of para-hydroxylation sites is 1. The molecule has 0 fully saturated rings. The molecule has 2 rings (SSSR count). The summed E-state index contributed by atoms with van der Waals surface area (Å²) >= 11 is 1.36. The van der Waals surface area contributed by atoms with E-state index in [-0.39, 0.29) is 36.0 Å². The lowest BCUT2D eigenvalue weighted by atomic mass is 10.3. The molecule has 1 unspecified atom stereocenters. The van der Waals surface area contributed by atoms with Crippen LogP contribution < -0.4 is 15.5 Å². The fraction of sp³-hybridized carbons (Fsp3) is 0.476. The SMILES string of the molecule is CCOC(=O)c1sc(C(C)NC(=NC)NCCCN(C)c2ccccc2)nc1C.I. The number of benzene rings is 1. The van der Waals surface area contributed by atoms with E-state index in [0.717, 1.165) is 24.5 Å². The van der Waals surface area contributed by atoms with Crippen molar-refractivity contribution in [1.29, 1.82) is 0 Å². The number of aliphatic imine (C=N–C) groups is 1. The number of carbonyl (C=O) groups is 1. The molecule has 1 aromatic heterocycles. The number of nitrogens with one attached hydrogen (secondary N) is 2. The molecule has 0 aliphatic rings. The van der Waals surface area contributed by atoms with Crippen LogP contribution in [-0.2, 0) is 4.74 Å². The van der Waals surface area contributed by atoms with Crippen LogP contribution in [0.1, 0.15) is 46.7 Å². The van der Waals surface area contributed by atoms with E-state index in [1.165, 1.54) is 17.0 Å². The zero-order valence-corrected chi connectivity index (χ0v) is 21.4. The van der Waals surface area contributed by atoms with Crippen LogP contribution in [-0.4, -0.2) is 50.7 Å². The highest BCUT2D eigenvalue weighted by Gasteiger charge is 2.20. The molecule has 30 heavy (non-hydrogen) atoms. The van der Waals surface area contributed by atoms with Crippen molar-refractivity contribution in [3.8, 4) is 0 Å². The molecule has 0 bridgehead atoms. The number of rotatable bonds is 9. The van der Waals surface area contributed by atoms with Crippen LogP contribution in [0.2, 0.25) is 0 Å². The third kappa shape index (κ3) is 7.75. The minimum Gasteiger partial charge on any atom is -0.462 e. The van der Waals surface area contributed by atoms with Gasteiger partial charge in [0.25, 0.3) is 0 Å². The molecule has 0 saturated heterocycles. The Morgan fingerprint density at radius 1 is 1.33 bits per heavy atom. The van der Waals surface area contributed by atoms with Gasteiger partial charge >= 0.3 is 5.97 Å². The fourth-order valence-corrected chi connectivity index (χ4v) is 3.75. The van der Waals surface area contributed by atoms with Crippen LogP contribution in [0, 0.1) is 6.92 Å². The van der Waals surface area contributed by atoms with E-state index in [1.807, 2.05) is 32.0 Å². The molecule has 0 saturated carbocycles. The lowest BCUT2D eigenvalue weighted by molar-refractivity contribution is 0.0531. The van der Waals surface area contributed by atoms with Crippen molar-refractivity contribution >= 4 is 52.9 Å². The fourth-order valence-electron chi connectivity index (χ4n) is 2.78. The second kappa shape index (κ2) is 13.4. The summed E-state index contributed by atoms with van der Waals surface area (Å²) in [7, 11) is 3.84. The Balaban J connectivity index is 0.00000450. The number of hydrogen-bond donors (Lipinski definition) is 2. The molecule has 2 aromatic rings. The van der Waals surface area contributed by atoms with Crippen LogP contribution in [0.25, 0.3) is 0 Å². The largest absolute Gasteiger partial charge is 0.462 e. The Morgan fingerprint density at radius 2 is 2.03 bits per heavy atom. The number of aromatic nitrogens is 1. The minimum atomic E-state index is -0.314. The first-order valence-electron chi connectivity index (χ1n) is 9.84. The Labute approximate surface area is 200 Å². The van der Waals surface area contributed by atoms with Gasteiger partial charge in [0.05, 0.1) is 18.3 Å². The predicted octanol–water partition coefficient (Wildman–Crippen LogP) is 4.00. The molecule has 2 N–H and O–H groups in total. The number of nitrogens with zero attached hydrogens (tertiary/aromatic N) is 3. The molecule has 1 aromatic carbocycles. The summed E-state index contributed by atoms with van der Waals surface area (Å²) in [5.41, 5.74) is 1.91. The van der Waals surface area contributed by atoms with Crippen LogP contribution in [0.5, 0.6) is 0 Å². The van der Waals surface area contributed by atoms with E-state index in [2.05, 4.69) is 44.7 Å². The predicted molar refractivity (Wildman–Crippen MR) is 135 cm³/mol. The van der Waals surface area contributed by atoms with Crippen molar-refractivity contribution in [2.75, 3.05) is 38.7 Å². The molecule has 0 radical (unpaired) electrons. The highest BCUT2D eigenvalue weighted by Crippen LogP contribution is 2.24. The quantitative estimate of drug-likeness (QED) is 0.163. The van der Waals surface area contributed by atoms with Gasteiger partial charge in [-0.3, -0.25) is 4.99 Å². The van der Waals surface area contributed by atoms with Crippen LogP contribution in [0.4, 0.5) is 5.69 Å². The lowest BCUT2D eigenvalue weighted by Crippen LogP contribution is -2.39. The standard InChI is InChI=1S/C21H31N5O2S.HI/c1-6-28-20(27)18-15(2)24-19(29-18)16(3)25-21(22-4)23-13-10-14-26(5)17-11-8-7-9-12-17;/h7-9,11-12,16H,6,10,13-14H2,1-5H3,(H2,22,23,25);1H. The topological polar surface area (TPSA) is 78.8 Å². The van der Waals surface area contributed by atoms with Gasteiger partial charge in [-0.25, -0.2) is 9.78 Å². The van der Waals surface area contributed by atoms with Crippen molar-refractivity contribution in [3.63, 3.8) is 0 Å². The van der Waals surface area contributed by atoms with Gasteiger partial charge in [-0.05, 0) is 39.3 Å². The molecule has 9 heteroatoms. The van der Waals surface area contributed by atoms with Gasteiger partial charge in [-0.15, -0.1) is 35.3 Å². The number of aryl methyl sites for hydroxylation is 1. The second-order valence-electron chi connectivity index (χ2n) is 6.66. The van der Waals surface area contributed by atoms with Crippen molar-refractivity contribution in [1.82, 2.24) is 15.6 Å². The van der Waals surface area contributed by atoms with Crippen LogP contribution in [0.15, 0.2) is 35.3 Å². The average molecular weight is 545 g/mol. The Hall–Kier alpha value is -1.88. The van der Waals surface area contributed by atoms with Gasteiger partial charge in [-0.1, -0.05) is 18.2 Å². The number of anilines is 1. The minimum absolute atomic E-state index is 0. The van der Waals surface area contributed by atoms with Gasteiger partial charge in [0.1, 0.15) is 9.88 Å². The first-order valence-corrected chi connectivity index (χ1v) is 10.7. The summed E-state index contributed by atoms with van der Waals surface area (Å²) in [4.78, 5) is 23.6. The van der Waals surface area contributed by atoms with E-state index in [4.69, 9.17) is 4.74 Å². The maximum absolute atomic E-state index is 12.0. The zero-order chi connectivity index (χ0) is 21.2. The summed E-state index contributed by atoms with van der Waals surface area (Å²) in [5, 5.41) is 7.50. The lowest BCUT2D eigenvalue weighted by Gasteiger charge is -2.20. The number of guanidine groups is 1. The molecule has 0 spiro atoms. The van der Waals surface area contributed by atoms with Gasteiger partial charge in [-0.2, -0.15) is 0 Å². The average Bonchev–Trinajstić information content (AvgIpc) is 3.12. The van der Waals surface area contributed by atoms with Gasteiger partial charge in [0, 0.05) is 32.9 Å². The van der Waals surface area contributed by atoms with E-state index in [1.54, 1.807) is 14.0 Å². The normalized spacial score (nSPS) is 12.0. The van der Waals surface area contributed by atoms with Crippen molar-refractivity contribution in [2.45, 2.75) is 33.2 Å². The molecule has 1 heterocycles. The summed E-state index contributed by atoms with van der Waals surface area (Å²) in [5.74, 6) is 0.399. The number of thiazole rings is 1. The number of halogens is 1. The molecular weight excluding hydrogens is 513 g/mol. The summed E-state index contributed by atoms with van der Waals surface area (Å²) in [6.07, 6.45) is 0.976.